The van der Waals surface area contributed by atoms with Gasteiger partial charge >= 0.3 is 0 Å². The molecular weight excluding hydrogens is 349 g/mol. The van der Waals surface area contributed by atoms with E-state index in [9.17, 15) is 9.50 Å². The van der Waals surface area contributed by atoms with E-state index in [0.29, 0.717) is 35.5 Å². The topological polar surface area (TPSA) is 84.6 Å². The van der Waals surface area contributed by atoms with Crippen LogP contribution in [-0.4, -0.2) is 56.2 Å². The number of anilines is 1. The molecule has 1 saturated heterocycles. The minimum atomic E-state index is -1.10. The number of ether oxygens (including phenoxy) is 1. The first kappa shape index (κ1) is 16.9. The lowest BCUT2D eigenvalue weighted by molar-refractivity contribution is 0.0283. The van der Waals surface area contributed by atoms with Gasteiger partial charge in [0.25, 0.3) is 0 Å². The van der Waals surface area contributed by atoms with E-state index >= 15 is 0 Å². The predicted molar refractivity (Wildman–Crippen MR) is 90.7 cm³/mol. The van der Waals surface area contributed by atoms with Gasteiger partial charge in [-0.25, -0.2) is 18.9 Å². The molecule has 0 radical (unpaired) electrons. The van der Waals surface area contributed by atoms with Crippen LogP contribution in [0.25, 0.3) is 5.52 Å². The summed E-state index contributed by atoms with van der Waals surface area (Å²) in [6, 6.07) is -0.386. The second kappa shape index (κ2) is 6.34. The maximum absolute atomic E-state index is 14.0. The Morgan fingerprint density at radius 3 is 2.96 bits per heavy atom. The molecule has 136 valence electrons. The van der Waals surface area contributed by atoms with Crippen LogP contribution in [0, 0.1) is 0 Å². The molecule has 2 N–H and O–H groups in total. The maximum Gasteiger partial charge on any atom is 0.241 e. The van der Waals surface area contributed by atoms with E-state index in [1.807, 2.05) is 0 Å². The molecule has 2 fully saturated rings. The summed E-state index contributed by atoms with van der Waals surface area (Å²) in [6.07, 6.45) is 3.17. The average Bonchev–Trinajstić information content (AvgIpc) is 2.85. The maximum atomic E-state index is 14.0. The highest BCUT2D eigenvalue weighted by atomic mass is 35.5. The van der Waals surface area contributed by atoms with E-state index in [0.717, 1.165) is 19.3 Å². The van der Waals surface area contributed by atoms with Gasteiger partial charge in [0.05, 0.1) is 30.4 Å². The number of halogens is 2. The number of fused-ring (bicyclic) bond motifs is 1. The van der Waals surface area contributed by atoms with Gasteiger partial charge in [-0.1, -0.05) is 18.0 Å². The number of aliphatic hydroxyl groups excluding tert-OH is 1. The summed E-state index contributed by atoms with van der Waals surface area (Å²) in [4.78, 5) is 8.69. The van der Waals surface area contributed by atoms with Crippen LogP contribution in [-0.2, 0) is 10.2 Å². The Morgan fingerprint density at radius 2 is 2.32 bits per heavy atom. The molecule has 0 bridgehead atoms. The zero-order valence-electron chi connectivity index (χ0n) is 14.0. The van der Waals surface area contributed by atoms with Gasteiger partial charge in [0.15, 0.2) is 5.15 Å². The van der Waals surface area contributed by atoms with Gasteiger partial charge in [-0.3, -0.25) is 0 Å². The molecule has 1 aliphatic carbocycles. The van der Waals surface area contributed by atoms with Crippen molar-refractivity contribution in [1.29, 1.82) is 0 Å². The van der Waals surface area contributed by atoms with Gasteiger partial charge in [0, 0.05) is 6.61 Å². The molecule has 0 spiro atoms. The van der Waals surface area contributed by atoms with E-state index < -0.39 is 17.7 Å². The monoisotopic (exact) mass is 369 g/mol. The zero-order chi connectivity index (χ0) is 17.6. The fourth-order valence-electron chi connectivity index (χ4n) is 3.66. The number of nitrogens with one attached hydrogen (secondary N) is 1. The van der Waals surface area contributed by atoms with Crippen molar-refractivity contribution in [3.63, 3.8) is 0 Å². The van der Waals surface area contributed by atoms with Crippen molar-refractivity contribution >= 4 is 23.1 Å². The van der Waals surface area contributed by atoms with E-state index in [-0.39, 0.29) is 12.6 Å². The Kier molecular flexibility index (Phi) is 4.29. The van der Waals surface area contributed by atoms with Gasteiger partial charge in [-0.15, -0.1) is 5.10 Å². The normalized spacial score (nSPS) is 27.0. The summed E-state index contributed by atoms with van der Waals surface area (Å²) < 4.78 is 20.7. The van der Waals surface area contributed by atoms with E-state index in [4.69, 9.17) is 16.3 Å². The van der Waals surface area contributed by atoms with Crippen LogP contribution in [0.15, 0.2) is 6.20 Å². The van der Waals surface area contributed by atoms with Crippen LogP contribution >= 0.6 is 11.6 Å². The highest BCUT2D eigenvalue weighted by Crippen LogP contribution is 2.46. The van der Waals surface area contributed by atoms with Crippen LogP contribution < -0.4 is 5.32 Å². The smallest absolute Gasteiger partial charge is 0.241 e. The second-order valence-corrected chi connectivity index (χ2v) is 7.28. The number of alkyl halides is 1. The molecule has 1 saturated carbocycles. The third-order valence-corrected chi connectivity index (χ3v) is 5.72. The van der Waals surface area contributed by atoms with Gasteiger partial charge in [-0.2, -0.15) is 0 Å². The Morgan fingerprint density at radius 1 is 1.52 bits per heavy atom. The Labute approximate surface area is 149 Å². The average molecular weight is 370 g/mol. The van der Waals surface area contributed by atoms with Gasteiger partial charge < -0.3 is 15.2 Å². The SMILES string of the molecule is CC(O)C1(c2nc(Cl)c3cnc(N[C@H]4CCOC[C@H]4F)nn23)CCC1. The number of aromatic nitrogens is 4. The van der Waals surface area contributed by atoms with Crippen molar-refractivity contribution in [2.75, 3.05) is 18.5 Å². The van der Waals surface area contributed by atoms with E-state index in [2.05, 4.69) is 20.4 Å². The minimum Gasteiger partial charge on any atom is -0.392 e. The molecule has 1 aliphatic heterocycles. The molecule has 3 atom stereocenters. The molecular formula is C16H21ClFN5O2. The van der Waals surface area contributed by atoms with Crippen LogP contribution in [0.5, 0.6) is 0 Å². The first-order chi connectivity index (χ1) is 12.0. The molecule has 2 aromatic rings. The molecule has 0 amide bonds. The molecule has 0 aromatic carbocycles. The molecule has 3 heterocycles. The number of rotatable bonds is 4. The first-order valence-electron chi connectivity index (χ1n) is 8.59. The molecule has 2 aromatic heterocycles. The van der Waals surface area contributed by atoms with Gasteiger partial charge in [0.1, 0.15) is 17.5 Å². The third-order valence-electron chi connectivity index (χ3n) is 5.44. The largest absolute Gasteiger partial charge is 0.392 e. The fourth-order valence-corrected chi connectivity index (χ4v) is 3.87. The summed E-state index contributed by atoms with van der Waals surface area (Å²) in [5.74, 6) is 0.959. The van der Waals surface area contributed by atoms with Crippen molar-refractivity contribution in [3.05, 3.63) is 17.2 Å². The van der Waals surface area contributed by atoms with Crippen LogP contribution in [0.4, 0.5) is 10.3 Å². The van der Waals surface area contributed by atoms with Crippen LogP contribution in [0.2, 0.25) is 5.15 Å². The highest BCUT2D eigenvalue weighted by molar-refractivity contribution is 6.32. The van der Waals surface area contributed by atoms with Crippen molar-refractivity contribution in [2.24, 2.45) is 0 Å². The lowest BCUT2D eigenvalue weighted by atomic mass is 9.65. The number of nitrogens with zero attached hydrogens (tertiary/aromatic N) is 4. The van der Waals surface area contributed by atoms with Crippen LogP contribution in [0.3, 0.4) is 0 Å². The second-order valence-electron chi connectivity index (χ2n) is 6.92. The van der Waals surface area contributed by atoms with Crippen molar-refractivity contribution in [2.45, 2.75) is 56.3 Å². The molecule has 25 heavy (non-hydrogen) atoms. The summed E-state index contributed by atoms with van der Waals surface area (Å²) in [5, 5.41) is 18.1. The van der Waals surface area contributed by atoms with E-state index in [1.165, 1.54) is 0 Å². The first-order valence-corrected chi connectivity index (χ1v) is 8.97. The third kappa shape index (κ3) is 2.76. The number of aliphatic hydroxyl groups is 1. The number of imidazole rings is 1. The molecule has 2 aliphatic rings. The summed E-state index contributed by atoms with van der Waals surface area (Å²) >= 11 is 6.25. The minimum absolute atomic E-state index is 0.0766. The Bertz CT molecular complexity index is 779. The van der Waals surface area contributed by atoms with Crippen molar-refractivity contribution < 1.29 is 14.2 Å². The van der Waals surface area contributed by atoms with Crippen molar-refractivity contribution in [1.82, 2.24) is 19.6 Å². The summed E-state index contributed by atoms with van der Waals surface area (Å²) in [5.41, 5.74) is 0.140. The highest BCUT2D eigenvalue weighted by Gasteiger charge is 2.47. The lowest BCUT2D eigenvalue weighted by Gasteiger charge is -2.42. The van der Waals surface area contributed by atoms with E-state index in [1.54, 1.807) is 17.6 Å². The standard InChI is InChI=1S/C16H21ClFN5O2/c1-9(24)16(4-2-5-16)14-21-13(17)12-7-19-15(22-23(12)14)20-11-3-6-25-8-10(11)18/h7,9-11,24H,2-6,8H2,1H3,(H,20,22)/t9?,10-,11+/m1/s1. The van der Waals surface area contributed by atoms with Crippen molar-refractivity contribution in [3.8, 4) is 0 Å². The molecule has 9 heteroatoms. The zero-order valence-corrected chi connectivity index (χ0v) is 14.7. The van der Waals surface area contributed by atoms with Gasteiger partial charge in [-0.05, 0) is 26.2 Å². The Hall–Kier alpha value is -1.51. The summed E-state index contributed by atoms with van der Waals surface area (Å²) in [7, 11) is 0. The lowest BCUT2D eigenvalue weighted by Crippen LogP contribution is -2.45. The summed E-state index contributed by atoms with van der Waals surface area (Å²) in [6.45, 7) is 2.35. The van der Waals surface area contributed by atoms with Gasteiger partial charge in [0.2, 0.25) is 5.95 Å². The molecule has 4 rings (SSSR count). The predicted octanol–water partition coefficient (Wildman–Crippen LogP) is 2.12. The molecule has 7 nitrogen and oxygen atoms in total. The quantitative estimate of drug-likeness (QED) is 0.858. The fraction of sp³-hybridized carbons (Fsp3) is 0.688. The number of hydrogen-bond donors (Lipinski definition) is 2. The van der Waals surface area contributed by atoms with Crippen LogP contribution in [0.1, 0.15) is 38.4 Å². The molecule has 1 unspecified atom stereocenters. The number of hydrogen-bond acceptors (Lipinski definition) is 6. The Balaban J connectivity index is 1.71.